The summed E-state index contributed by atoms with van der Waals surface area (Å²) in [7, 11) is 0. The fourth-order valence-electron chi connectivity index (χ4n) is 0.338. The van der Waals surface area contributed by atoms with Gasteiger partial charge in [-0.25, -0.2) is 12.1 Å². The quantitative estimate of drug-likeness (QED) is 0.662. The van der Waals surface area contributed by atoms with Crippen LogP contribution >= 0.6 is 0 Å². The van der Waals surface area contributed by atoms with Crippen LogP contribution in [0.15, 0.2) is 30.3 Å². The zero-order valence-electron chi connectivity index (χ0n) is 5.97. The van der Waals surface area contributed by atoms with E-state index in [0.29, 0.717) is 0 Å². The summed E-state index contributed by atoms with van der Waals surface area (Å²) in [6.45, 7) is 0. The minimum absolute atomic E-state index is 1.37. The van der Waals surface area contributed by atoms with Crippen molar-refractivity contribution < 1.29 is 27.2 Å². The maximum Gasteiger partial charge on any atom is -0.172 e. The summed E-state index contributed by atoms with van der Waals surface area (Å²) in [4.78, 5) is 25.4. The molecule has 0 bridgehead atoms. The molecular formula is C7H5NO3W-2. The van der Waals surface area contributed by atoms with Crippen LogP contribution < -0.4 is 0 Å². The van der Waals surface area contributed by atoms with Gasteiger partial charge in [0.2, 0.25) is 0 Å². The molecule has 0 saturated carbocycles. The van der Waals surface area contributed by atoms with E-state index in [-0.39, 0.29) is 0 Å². The molecule has 0 heterocycles. The van der Waals surface area contributed by atoms with E-state index in [1.54, 1.807) is 0 Å². The second-order valence-electron chi connectivity index (χ2n) is 1.23. The van der Waals surface area contributed by atoms with Gasteiger partial charge in [0.15, 0.2) is 0 Å². The summed E-state index contributed by atoms with van der Waals surface area (Å²) in [5.74, 6) is 0. The van der Waals surface area contributed by atoms with Gasteiger partial charge in [-0.15, -0.1) is 0 Å². The molecule has 1 aromatic carbocycles. The molecule has 0 atom stereocenters. The zero-order valence-corrected chi connectivity index (χ0v) is 8.90. The predicted molar refractivity (Wildman–Crippen MR) is 40.1 cm³/mol. The van der Waals surface area contributed by atoms with E-state index < -0.39 is 17.6 Å². The standard InChI is InChI=1S/C5H5.2CO.NO.W/c1-2-4-5-3-1;3*1-2;/h1-5H;;;;/q-1;;;-1;. The molecule has 0 aliphatic rings. The van der Waals surface area contributed by atoms with Crippen LogP contribution in [-0.2, 0) is 27.2 Å². The Morgan fingerprint density at radius 3 is 1.58 bits per heavy atom. The number of nitroso groups, excluding NO2 is 1. The molecule has 0 spiro atoms. The first-order chi connectivity index (χ1) is 5.91. The number of rotatable bonds is 0. The van der Waals surface area contributed by atoms with Crippen molar-refractivity contribution >= 4 is 8.53 Å². The SMILES string of the molecule is O=[C]=[W]=[C]=O.[N-]=O.c1cc[cH-]c1. The van der Waals surface area contributed by atoms with E-state index >= 15 is 0 Å². The van der Waals surface area contributed by atoms with E-state index in [1.807, 2.05) is 30.3 Å². The fraction of sp³-hybridized carbons (Fsp3) is 0. The van der Waals surface area contributed by atoms with Crippen LogP contribution in [0.1, 0.15) is 0 Å². The van der Waals surface area contributed by atoms with Gasteiger partial charge in [-0.1, -0.05) is 0 Å². The van der Waals surface area contributed by atoms with Crippen molar-refractivity contribution in [2.24, 2.45) is 0 Å². The average molecular weight is 335 g/mol. The van der Waals surface area contributed by atoms with Gasteiger partial charge in [-0.3, -0.25) is 0 Å². The Kier molecular flexibility index (Phi) is 18.3. The van der Waals surface area contributed by atoms with Crippen LogP contribution in [-0.4, -0.2) is 8.53 Å². The van der Waals surface area contributed by atoms with Crippen LogP contribution in [0.5, 0.6) is 0 Å². The van der Waals surface area contributed by atoms with Crippen molar-refractivity contribution in [1.82, 2.24) is 0 Å². The van der Waals surface area contributed by atoms with Crippen LogP contribution in [0.25, 0.3) is 5.59 Å². The average Bonchev–Trinajstić information content (AvgIpc) is 2.67. The Labute approximate surface area is 76.9 Å². The van der Waals surface area contributed by atoms with Gasteiger partial charge in [-0.05, 0) is 0 Å². The van der Waals surface area contributed by atoms with Crippen LogP contribution in [0, 0.1) is 4.91 Å². The van der Waals surface area contributed by atoms with E-state index in [1.165, 1.54) is 8.53 Å². The molecule has 1 rings (SSSR count). The van der Waals surface area contributed by atoms with Gasteiger partial charge in [0.25, 0.3) is 0 Å². The van der Waals surface area contributed by atoms with Crippen molar-refractivity contribution in [3.8, 4) is 0 Å². The molecule has 0 aromatic heterocycles. The second kappa shape index (κ2) is 16.4. The predicted octanol–water partition coefficient (Wildman–Crippen LogP) is 0.931. The van der Waals surface area contributed by atoms with Crippen molar-refractivity contribution in [2.75, 3.05) is 0 Å². The summed E-state index contributed by atoms with van der Waals surface area (Å²) >= 11 is -1.37. The first kappa shape index (κ1) is 13.4. The third-order valence-corrected chi connectivity index (χ3v) is 1.24. The minimum Gasteiger partial charge on any atom is -0.577 e. The number of nitrogens with zero attached hydrogens (tertiary/aromatic N) is 1. The molecule has 1 aromatic rings. The Balaban J connectivity index is 0. The first-order valence-electron chi connectivity index (χ1n) is 2.67. The van der Waals surface area contributed by atoms with Gasteiger partial charge in [0, 0.05) is 0 Å². The molecule has 0 fully saturated rings. The largest absolute Gasteiger partial charge is 0.577 e. The molecule has 0 unspecified atom stereocenters. The van der Waals surface area contributed by atoms with Gasteiger partial charge >= 0.3 is 35.8 Å². The third-order valence-electron chi connectivity index (χ3n) is 0.639. The summed E-state index contributed by atoms with van der Waals surface area (Å²) in [5, 5.41) is 0. The normalized spacial score (nSPS) is 5.33. The van der Waals surface area contributed by atoms with Crippen molar-refractivity contribution in [3.63, 3.8) is 0 Å². The molecular weight excluding hydrogens is 330 g/mol. The second-order valence-corrected chi connectivity index (χ2v) is 3.16. The number of hydrogen-bond donors (Lipinski definition) is 0. The Morgan fingerprint density at radius 1 is 1.08 bits per heavy atom. The molecule has 0 aliphatic carbocycles. The van der Waals surface area contributed by atoms with Crippen molar-refractivity contribution in [1.29, 1.82) is 0 Å². The summed E-state index contributed by atoms with van der Waals surface area (Å²) in [5.41, 5.74) is 5.75. The van der Waals surface area contributed by atoms with Crippen LogP contribution in [0.2, 0.25) is 0 Å². The maximum absolute atomic E-state index is 9.09. The van der Waals surface area contributed by atoms with Crippen LogP contribution in [0.4, 0.5) is 0 Å². The molecule has 64 valence electrons. The summed E-state index contributed by atoms with van der Waals surface area (Å²) < 4.78 is 3.02. The van der Waals surface area contributed by atoms with E-state index in [9.17, 15) is 0 Å². The van der Waals surface area contributed by atoms with E-state index in [4.69, 9.17) is 20.1 Å². The maximum atomic E-state index is 9.09. The van der Waals surface area contributed by atoms with Crippen molar-refractivity contribution in [3.05, 3.63) is 40.8 Å². The van der Waals surface area contributed by atoms with Crippen molar-refractivity contribution in [2.45, 2.75) is 0 Å². The number of carbonyl (C=O) groups excluding carboxylic acids is 2. The monoisotopic (exact) mass is 335 g/mol. The van der Waals surface area contributed by atoms with Crippen LogP contribution in [0.3, 0.4) is 0 Å². The molecule has 5 heteroatoms. The summed E-state index contributed by atoms with van der Waals surface area (Å²) in [6.07, 6.45) is 0. The first-order valence-corrected chi connectivity index (χ1v) is 5.60. The third kappa shape index (κ3) is 15.9. The van der Waals surface area contributed by atoms with Gasteiger partial charge < -0.3 is 10.5 Å². The molecule has 0 N–H and O–H groups in total. The molecule has 0 aliphatic heterocycles. The smallest absolute Gasteiger partial charge is 0.172 e. The Morgan fingerprint density at radius 2 is 1.50 bits per heavy atom. The molecule has 0 radical (unpaired) electrons. The van der Waals surface area contributed by atoms with Gasteiger partial charge in [0.1, 0.15) is 0 Å². The molecule has 4 nitrogen and oxygen atoms in total. The topological polar surface area (TPSA) is 73.5 Å². The van der Waals surface area contributed by atoms with E-state index in [2.05, 4.69) is 0 Å². The molecule has 12 heavy (non-hydrogen) atoms. The summed E-state index contributed by atoms with van der Waals surface area (Å²) in [6, 6.07) is 10.0. The molecule has 0 amide bonds. The number of hydrogen-bond acceptors (Lipinski definition) is 3. The van der Waals surface area contributed by atoms with Gasteiger partial charge in [-0.2, -0.15) is 18.2 Å². The Hall–Kier alpha value is -1.20. The fourth-order valence-corrected chi connectivity index (χ4v) is 0.460. The molecule has 0 saturated heterocycles. The minimum atomic E-state index is -1.37. The van der Waals surface area contributed by atoms with Gasteiger partial charge in [0.05, 0.1) is 0 Å². The zero-order chi connectivity index (χ0) is 9.66. The Bertz CT molecular complexity index is 238. The van der Waals surface area contributed by atoms with E-state index in [0.717, 1.165) is 0 Å².